The molecule has 0 spiro atoms. The lowest BCUT2D eigenvalue weighted by Crippen LogP contribution is -2.45. The number of rotatable bonds is 6. The van der Waals surface area contributed by atoms with Crippen LogP contribution in [0.25, 0.3) is 5.57 Å². The maximum Gasteiger partial charge on any atom is 0.523 e. The van der Waals surface area contributed by atoms with E-state index in [0.29, 0.717) is 11.8 Å². The molecule has 1 unspecified atom stereocenters. The van der Waals surface area contributed by atoms with Crippen molar-refractivity contribution in [1.82, 2.24) is 0 Å². The first-order chi connectivity index (χ1) is 13.3. The van der Waals surface area contributed by atoms with Crippen molar-refractivity contribution in [2.24, 2.45) is 17.8 Å². The Balaban J connectivity index is 1.71. The number of benzene rings is 1. The normalized spacial score (nSPS) is 28.4. The molecule has 4 heteroatoms. The van der Waals surface area contributed by atoms with Crippen LogP contribution in [0.5, 0.6) is 0 Å². The van der Waals surface area contributed by atoms with Crippen LogP contribution in [0.15, 0.2) is 48.6 Å². The fourth-order valence-corrected chi connectivity index (χ4v) is 4.67. The van der Waals surface area contributed by atoms with Gasteiger partial charge in [0, 0.05) is 0 Å². The maximum absolute atomic E-state index is 13.3. The summed E-state index contributed by atoms with van der Waals surface area (Å²) in [5, 5.41) is 0. The number of halogens is 3. The maximum atomic E-state index is 13.3. The lowest BCUT2D eigenvalue weighted by molar-refractivity contribution is -0.366. The predicted molar refractivity (Wildman–Crippen MR) is 108 cm³/mol. The van der Waals surface area contributed by atoms with E-state index in [0.717, 1.165) is 36.8 Å². The van der Waals surface area contributed by atoms with E-state index in [-0.39, 0.29) is 12.3 Å². The molecule has 1 fully saturated rings. The molecule has 0 amide bonds. The third-order valence-electron chi connectivity index (χ3n) is 6.29. The van der Waals surface area contributed by atoms with Crippen molar-refractivity contribution >= 4 is 5.57 Å². The Kier molecular flexibility index (Phi) is 6.69. The van der Waals surface area contributed by atoms with E-state index in [2.05, 4.69) is 13.8 Å². The van der Waals surface area contributed by atoms with Gasteiger partial charge in [-0.15, -0.1) is 13.2 Å². The highest BCUT2D eigenvalue weighted by Crippen LogP contribution is 2.46. The summed E-state index contributed by atoms with van der Waals surface area (Å²) in [4.78, 5) is 0. The molecule has 28 heavy (non-hydrogen) atoms. The third kappa shape index (κ3) is 5.50. The van der Waals surface area contributed by atoms with Crippen molar-refractivity contribution in [3.05, 3.63) is 54.1 Å². The van der Waals surface area contributed by atoms with Gasteiger partial charge in [-0.1, -0.05) is 88.1 Å². The van der Waals surface area contributed by atoms with Crippen LogP contribution in [0.4, 0.5) is 13.2 Å². The quantitative estimate of drug-likeness (QED) is 0.486. The Labute approximate surface area is 166 Å². The summed E-state index contributed by atoms with van der Waals surface area (Å²) in [6, 6.07) is 9.78. The summed E-state index contributed by atoms with van der Waals surface area (Å²) >= 11 is 0. The molecule has 0 radical (unpaired) electrons. The topological polar surface area (TPSA) is 9.23 Å². The molecule has 2 aliphatic carbocycles. The Morgan fingerprint density at radius 1 is 1.07 bits per heavy atom. The molecule has 154 valence electrons. The summed E-state index contributed by atoms with van der Waals surface area (Å²) in [5.74, 6) is 1.24. The second-order valence-electron chi connectivity index (χ2n) is 8.75. The lowest BCUT2D eigenvalue weighted by atomic mass is 9.69. The molecule has 0 aliphatic heterocycles. The molecule has 1 aromatic rings. The minimum Gasteiger partial charge on any atom is -0.280 e. The first-order valence-corrected chi connectivity index (χ1v) is 10.5. The molecule has 0 saturated heterocycles. The molecule has 3 rings (SSSR count). The molecular weight excluding hydrogens is 361 g/mol. The minimum absolute atomic E-state index is 0.0887. The van der Waals surface area contributed by atoms with Crippen molar-refractivity contribution in [1.29, 1.82) is 0 Å². The second-order valence-corrected chi connectivity index (χ2v) is 8.75. The van der Waals surface area contributed by atoms with Gasteiger partial charge in [-0.2, -0.15) is 0 Å². The van der Waals surface area contributed by atoms with Gasteiger partial charge in [-0.05, 0) is 48.2 Å². The third-order valence-corrected chi connectivity index (χ3v) is 6.29. The van der Waals surface area contributed by atoms with Gasteiger partial charge in [0.15, 0.2) is 0 Å². The lowest BCUT2D eigenvalue weighted by Gasteiger charge is -2.43. The number of hydrogen-bond acceptors (Lipinski definition) is 1. The van der Waals surface area contributed by atoms with Gasteiger partial charge >= 0.3 is 6.36 Å². The summed E-state index contributed by atoms with van der Waals surface area (Å²) in [6.45, 7) is 4.45. The van der Waals surface area contributed by atoms with Gasteiger partial charge < -0.3 is 0 Å². The van der Waals surface area contributed by atoms with E-state index in [1.54, 1.807) is 6.08 Å². The smallest absolute Gasteiger partial charge is 0.280 e. The highest BCUT2D eigenvalue weighted by Gasteiger charge is 2.48. The molecule has 1 aromatic carbocycles. The predicted octanol–water partition coefficient (Wildman–Crippen LogP) is 7.55. The summed E-state index contributed by atoms with van der Waals surface area (Å²) in [6.07, 6.45) is 7.05. The highest BCUT2D eigenvalue weighted by atomic mass is 19.4. The van der Waals surface area contributed by atoms with E-state index in [1.165, 1.54) is 12.8 Å². The molecule has 0 bridgehead atoms. The summed E-state index contributed by atoms with van der Waals surface area (Å²) in [5.41, 5.74) is 0.726. The molecule has 1 saturated carbocycles. The van der Waals surface area contributed by atoms with Gasteiger partial charge in [-0.25, -0.2) is 0 Å². The standard InChI is InChI=1S/C24H31F3O/c1-18(2)8-9-19-10-12-22(13-11-19)23(28-24(25,26)27)16-14-21(15-17-23)20-6-4-3-5-7-20/h3-7,14-16,18-19,22H,8-13,17H2,1-2H3. The van der Waals surface area contributed by atoms with Crippen LogP contribution >= 0.6 is 0 Å². The van der Waals surface area contributed by atoms with E-state index in [4.69, 9.17) is 4.74 Å². The van der Waals surface area contributed by atoms with Crippen LogP contribution in [0.1, 0.15) is 64.4 Å². The van der Waals surface area contributed by atoms with Gasteiger partial charge in [0.1, 0.15) is 5.60 Å². The average molecular weight is 393 g/mol. The van der Waals surface area contributed by atoms with E-state index in [9.17, 15) is 13.2 Å². The Bertz CT molecular complexity index is 682. The van der Waals surface area contributed by atoms with Crippen LogP contribution in [0.2, 0.25) is 0 Å². The number of alkyl halides is 3. The molecule has 0 aromatic heterocycles. The molecule has 2 aliphatic rings. The monoisotopic (exact) mass is 392 g/mol. The number of ether oxygens (including phenoxy) is 1. The minimum atomic E-state index is -4.63. The summed E-state index contributed by atoms with van der Waals surface area (Å²) < 4.78 is 44.6. The van der Waals surface area contributed by atoms with Gasteiger partial charge in [0.25, 0.3) is 0 Å². The first kappa shape index (κ1) is 21.2. The van der Waals surface area contributed by atoms with Gasteiger partial charge in [0.2, 0.25) is 0 Å². The van der Waals surface area contributed by atoms with Crippen molar-refractivity contribution in [3.63, 3.8) is 0 Å². The van der Waals surface area contributed by atoms with Crippen molar-refractivity contribution in [2.75, 3.05) is 0 Å². The molecule has 0 N–H and O–H groups in total. The summed E-state index contributed by atoms with van der Waals surface area (Å²) in [7, 11) is 0. The van der Waals surface area contributed by atoms with Gasteiger partial charge in [-0.3, -0.25) is 4.74 Å². The van der Waals surface area contributed by atoms with Crippen molar-refractivity contribution < 1.29 is 17.9 Å². The fraction of sp³-hybridized carbons (Fsp3) is 0.583. The molecule has 1 nitrogen and oxygen atoms in total. The second kappa shape index (κ2) is 8.86. The van der Waals surface area contributed by atoms with Crippen LogP contribution < -0.4 is 0 Å². The zero-order chi connectivity index (χ0) is 20.2. The Morgan fingerprint density at radius 2 is 1.75 bits per heavy atom. The Hall–Kier alpha value is -1.55. The molecular formula is C24H31F3O. The number of hydrogen-bond donors (Lipinski definition) is 0. The number of allylic oxidation sites excluding steroid dienone is 2. The van der Waals surface area contributed by atoms with E-state index < -0.39 is 12.0 Å². The Morgan fingerprint density at radius 3 is 2.29 bits per heavy atom. The van der Waals surface area contributed by atoms with Crippen LogP contribution in [0.3, 0.4) is 0 Å². The van der Waals surface area contributed by atoms with Crippen LogP contribution in [-0.2, 0) is 4.74 Å². The van der Waals surface area contributed by atoms with Crippen LogP contribution in [0, 0.1) is 17.8 Å². The van der Waals surface area contributed by atoms with E-state index >= 15 is 0 Å². The average Bonchev–Trinajstić information content (AvgIpc) is 2.67. The van der Waals surface area contributed by atoms with Gasteiger partial charge in [0.05, 0.1) is 0 Å². The van der Waals surface area contributed by atoms with Crippen LogP contribution in [-0.4, -0.2) is 12.0 Å². The largest absolute Gasteiger partial charge is 0.523 e. The zero-order valence-corrected chi connectivity index (χ0v) is 16.8. The van der Waals surface area contributed by atoms with Crippen molar-refractivity contribution in [2.45, 2.75) is 70.8 Å². The molecule has 1 atom stereocenters. The zero-order valence-electron chi connectivity index (χ0n) is 16.8. The first-order valence-electron chi connectivity index (χ1n) is 10.5. The molecule has 0 heterocycles. The fourth-order valence-electron chi connectivity index (χ4n) is 4.67. The highest BCUT2D eigenvalue weighted by molar-refractivity contribution is 5.75. The van der Waals surface area contributed by atoms with Crippen molar-refractivity contribution in [3.8, 4) is 0 Å². The SMILES string of the molecule is CC(C)CCC1CCC(C2(OC(F)(F)F)C=CC(c3ccccc3)=CC2)CC1. The van der Waals surface area contributed by atoms with E-state index in [1.807, 2.05) is 42.5 Å².